The van der Waals surface area contributed by atoms with E-state index in [1.807, 2.05) is 20.8 Å². The van der Waals surface area contributed by atoms with Crippen LogP contribution in [0.25, 0.3) is 0 Å². The van der Waals surface area contributed by atoms with Crippen molar-refractivity contribution in [1.82, 2.24) is 0 Å². The van der Waals surface area contributed by atoms with Crippen molar-refractivity contribution < 1.29 is 9.53 Å². The van der Waals surface area contributed by atoms with Gasteiger partial charge in [0.1, 0.15) is 5.60 Å². The van der Waals surface area contributed by atoms with Crippen LogP contribution >= 0.6 is 0 Å². The van der Waals surface area contributed by atoms with Gasteiger partial charge in [0.2, 0.25) is 0 Å². The molecule has 4 nitrogen and oxygen atoms in total. The summed E-state index contributed by atoms with van der Waals surface area (Å²) in [7, 11) is 0. The van der Waals surface area contributed by atoms with Crippen molar-refractivity contribution in [2.24, 2.45) is 5.73 Å². The number of esters is 1. The molecule has 1 saturated heterocycles. The van der Waals surface area contributed by atoms with E-state index in [1.54, 1.807) is 0 Å². The van der Waals surface area contributed by atoms with E-state index in [0.29, 0.717) is 12.5 Å². The topological polar surface area (TPSA) is 55.6 Å². The van der Waals surface area contributed by atoms with E-state index < -0.39 is 5.60 Å². The summed E-state index contributed by atoms with van der Waals surface area (Å²) >= 11 is 0. The third-order valence-electron chi connectivity index (χ3n) is 3.88. The Morgan fingerprint density at radius 3 is 2.36 bits per heavy atom. The predicted octanol–water partition coefficient (Wildman–Crippen LogP) is 2.89. The van der Waals surface area contributed by atoms with Crippen molar-refractivity contribution in [3.63, 3.8) is 0 Å². The summed E-state index contributed by atoms with van der Waals surface area (Å²) in [5, 5.41) is 0. The number of nitrogens with two attached hydrogens (primary N) is 1. The molecule has 22 heavy (non-hydrogen) atoms. The largest absolute Gasteiger partial charge is 0.460 e. The van der Waals surface area contributed by atoms with Crippen LogP contribution in [0.5, 0.6) is 0 Å². The molecule has 1 aromatic rings. The maximum Gasteiger partial charge on any atom is 0.306 e. The molecule has 4 heteroatoms. The summed E-state index contributed by atoms with van der Waals surface area (Å²) in [4.78, 5) is 14.1. The van der Waals surface area contributed by atoms with E-state index in [-0.39, 0.29) is 5.97 Å². The van der Waals surface area contributed by atoms with Crippen LogP contribution in [-0.4, -0.2) is 30.7 Å². The monoisotopic (exact) mass is 304 g/mol. The number of carbonyl (C=O) groups is 1. The van der Waals surface area contributed by atoms with Gasteiger partial charge in [0.05, 0.1) is 0 Å². The molecule has 0 amide bonds. The van der Waals surface area contributed by atoms with Crippen LogP contribution in [0, 0.1) is 0 Å². The molecule has 0 atom stereocenters. The second-order valence-electron chi connectivity index (χ2n) is 7.08. The predicted molar refractivity (Wildman–Crippen MR) is 90.0 cm³/mol. The van der Waals surface area contributed by atoms with Gasteiger partial charge in [-0.3, -0.25) is 4.79 Å². The van der Waals surface area contributed by atoms with Crippen molar-refractivity contribution in [2.75, 3.05) is 18.0 Å². The van der Waals surface area contributed by atoms with Gasteiger partial charge in [0, 0.05) is 31.2 Å². The summed E-state index contributed by atoms with van der Waals surface area (Å²) < 4.78 is 5.33. The lowest BCUT2D eigenvalue weighted by atomic mass is 10.0. The minimum atomic E-state index is -0.407. The van der Waals surface area contributed by atoms with Crippen LogP contribution < -0.4 is 10.6 Å². The number of anilines is 1. The highest BCUT2D eigenvalue weighted by atomic mass is 16.6. The van der Waals surface area contributed by atoms with E-state index in [9.17, 15) is 4.79 Å². The summed E-state index contributed by atoms with van der Waals surface area (Å²) in [6.07, 6.45) is 3.26. The van der Waals surface area contributed by atoms with E-state index in [2.05, 4.69) is 29.2 Å². The molecule has 1 fully saturated rings. The molecule has 2 N–H and O–H groups in total. The van der Waals surface area contributed by atoms with Gasteiger partial charge in [-0.1, -0.05) is 12.1 Å². The van der Waals surface area contributed by atoms with Crippen LogP contribution in [0.15, 0.2) is 24.3 Å². The molecule has 0 saturated carbocycles. The zero-order valence-corrected chi connectivity index (χ0v) is 14.0. The number of hydrogen-bond donors (Lipinski definition) is 1. The zero-order chi connectivity index (χ0) is 16.2. The van der Waals surface area contributed by atoms with Crippen LogP contribution in [0.4, 0.5) is 5.69 Å². The van der Waals surface area contributed by atoms with E-state index in [1.165, 1.54) is 11.3 Å². The van der Waals surface area contributed by atoms with Gasteiger partial charge in [-0.25, -0.2) is 0 Å². The van der Waals surface area contributed by atoms with Gasteiger partial charge in [0.25, 0.3) is 0 Å². The Hall–Kier alpha value is -1.55. The molecule has 0 aliphatic carbocycles. The van der Waals surface area contributed by atoms with Crippen molar-refractivity contribution in [3.8, 4) is 0 Å². The van der Waals surface area contributed by atoms with Crippen LogP contribution in [0.2, 0.25) is 0 Å². The summed E-state index contributed by atoms with van der Waals surface area (Å²) in [5.74, 6) is -0.137. The quantitative estimate of drug-likeness (QED) is 0.869. The standard InChI is InChI=1S/C18H28N2O2/c1-18(2,3)22-17(21)9-6-14-4-7-16(8-5-14)20-12-10-15(19)11-13-20/h4-5,7-8,15H,6,9-13,19H2,1-3H3. The first kappa shape index (κ1) is 16.8. The molecule has 0 spiro atoms. The Morgan fingerprint density at radius 2 is 1.82 bits per heavy atom. The first-order valence-electron chi connectivity index (χ1n) is 8.15. The van der Waals surface area contributed by atoms with Crippen LogP contribution in [0.3, 0.4) is 0 Å². The molecule has 2 rings (SSSR count). The van der Waals surface area contributed by atoms with Crippen molar-refractivity contribution in [1.29, 1.82) is 0 Å². The Balaban J connectivity index is 1.83. The lowest BCUT2D eigenvalue weighted by Crippen LogP contribution is -2.39. The number of carbonyl (C=O) groups excluding carboxylic acids is 1. The van der Waals surface area contributed by atoms with Crippen LogP contribution in [0.1, 0.15) is 45.6 Å². The van der Waals surface area contributed by atoms with Crippen molar-refractivity contribution in [2.45, 2.75) is 58.1 Å². The van der Waals surface area contributed by atoms with Gasteiger partial charge in [-0.05, 0) is 57.7 Å². The maximum absolute atomic E-state index is 11.7. The van der Waals surface area contributed by atoms with E-state index in [4.69, 9.17) is 10.5 Å². The lowest BCUT2D eigenvalue weighted by molar-refractivity contribution is -0.154. The summed E-state index contributed by atoms with van der Waals surface area (Å²) in [6.45, 7) is 7.73. The number of rotatable bonds is 4. The van der Waals surface area contributed by atoms with Crippen LogP contribution in [-0.2, 0) is 16.0 Å². The minimum absolute atomic E-state index is 0.137. The van der Waals surface area contributed by atoms with E-state index in [0.717, 1.165) is 32.4 Å². The Bertz CT molecular complexity index is 483. The fraction of sp³-hybridized carbons (Fsp3) is 0.611. The number of piperidine rings is 1. The fourth-order valence-corrected chi connectivity index (χ4v) is 2.67. The smallest absolute Gasteiger partial charge is 0.306 e. The summed E-state index contributed by atoms with van der Waals surface area (Å²) in [5.41, 5.74) is 7.95. The average molecular weight is 304 g/mol. The average Bonchev–Trinajstić information content (AvgIpc) is 2.45. The molecular formula is C18H28N2O2. The van der Waals surface area contributed by atoms with E-state index >= 15 is 0 Å². The normalized spacial score (nSPS) is 16.6. The molecule has 122 valence electrons. The molecule has 1 aliphatic rings. The number of ether oxygens (including phenoxy) is 1. The number of benzene rings is 1. The minimum Gasteiger partial charge on any atom is -0.460 e. The molecular weight excluding hydrogens is 276 g/mol. The van der Waals surface area contributed by atoms with Crippen molar-refractivity contribution >= 4 is 11.7 Å². The highest BCUT2D eigenvalue weighted by molar-refractivity contribution is 5.70. The number of aryl methyl sites for hydroxylation is 1. The fourth-order valence-electron chi connectivity index (χ4n) is 2.67. The molecule has 0 aromatic heterocycles. The molecule has 0 bridgehead atoms. The van der Waals surface area contributed by atoms with Gasteiger partial charge in [-0.15, -0.1) is 0 Å². The number of nitrogens with zero attached hydrogens (tertiary/aromatic N) is 1. The third kappa shape index (κ3) is 5.34. The summed E-state index contributed by atoms with van der Waals surface area (Å²) in [6, 6.07) is 8.84. The SMILES string of the molecule is CC(C)(C)OC(=O)CCc1ccc(N2CCC(N)CC2)cc1. The first-order chi connectivity index (χ1) is 10.3. The zero-order valence-electron chi connectivity index (χ0n) is 14.0. The highest BCUT2D eigenvalue weighted by Crippen LogP contribution is 2.20. The maximum atomic E-state index is 11.7. The highest BCUT2D eigenvalue weighted by Gasteiger charge is 2.17. The molecule has 1 heterocycles. The second-order valence-corrected chi connectivity index (χ2v) is 7.08. The number of hydrogen-bond acceptors (Lipinski definition) is 4. The van der Waals surface area contributed by atoms with Crippen molar-refractivity contribution in [3.05, 3.63) is 29.8 Å². The Labute approximate surface area is 133 Å². The van der Waals surface area contributed by atoms with Gasteiger partial charge >= 0.3 is 5.97 Å². The van der Waals surface area contributed by atoms with Gasteiger partial charge in [0.15, 0.2) is 0 Å². The first-order valence-corrected chi connectivity index (χ1v) is 8.15. The van der Waals surface area contributed by atoms with Gasteiger partial charge in [-0.2, -0.15) is 0 Å². The second kappa shape index (κ2) is 7.14. The molecule has 1 aromatic carbocycles. The van der Waals surface area contributed by atoms with Gasteiger partial charge < -0.3 is 15.4 Å². The Kier molecular flexibility index (Phi) is 5.46. The molecule has 0 radical (unpaired) electrons. The molecule has 0 unspecified atom stereocenters. The third-order valence-corrected chi connectivity index (χ3v) is 3.88. The molecule has 1 aliphatic heterocycles. The Morgan fingerprint density at radius 1 is 1.23 bits per heavy atom. The lowest BCUT2D eigenvalue weighted by Gasteiger charge is -2.32.